The molecule has 1 aromatic rings. The van der Waals surface area contributed by atoms with Gasteiger partial charge in [-0.05, 0) is 121 Å². The Labute approximate surface area is 464 Å². The lowest BCUT2D eigenvalue weighted by Gasteiger charge is -2.40. The monoisotopic (exact) mass is 1020 g/mol. The number of carbonyl (C=O) groups excluding carboxylic acids is 1. The van der Waals surface area contributed by atoms with Crippen LogP contribution in [0.25, 0.3) is 0 Å². The third-order valence-corrected chi connectivity index (χ3v) is 10.3. The normalized spacial score (nSPS) is 16.6. The lowest BCUT2D eigenvalue weighted by Crippen LogP contribution is -2.60. The van der Waals surface area contributed by atoms with E-state index >= 15 is 0 Å². The molecular weight excluding hydrogens is 905 g/mol. The molecule has 0 saturated carbocycles. The summed E-state index contributed by atoms with van der Waals surface area (Å²) in [5.41, 5.74) is 5.54. The highest BCUT2D eigenvalue weighted by Crippen LogP contribution is 2.23. The summed E-state index contributed by atoms with van der Waals surface area (Å²) < 4.78 is 17.2. The number of hydrogen-bond acceptors (Lipinski definition) is 10. The van der Waals surface area contributed by atoms with Gasteiger partial charge in [-0.2, -0.15) is 0 Å². The van der Waals surface area contributed by atoms with Gasteiger partial charge in [0.25, 0.3) is 5.91 Å². The molecule has 72 heavy (non-hydrogen) atoms. The van der Waals surface area contributed by atoms with E-state index in [0.717, 1.165) is 44.9 Å². The fraction of sp³-hybridized carbons (Fsp3) is 0.492. The zero-order chi connectivity index (χ0) is 52.4. The Bertz CT molecular complexity index is 2530. The number of aliphatic hydroxyl groups excluding tert-OH is 5. The minimum absolute atomic E-state index is 0. The van der Waals surface area contributed by atoms with Crippen molar-refractivity contribution < 1.29 is 77.4 Å². The van der Waals surface area contributed by atoms with Crippen LogP contribution in [0.5, 0.6) is 0 Å². The highest BCUT2D eigenvalue weighted by Gasteiger charge is 2.45. The predicted molar refractivity (Wildman–Crippen MR) is 330 cm³/mol. The first-order valence-corrected chi connectivity index (χ1v) is 24.5. The number of hydrogen-bond donors (Lipinski definition) is 7. The fourth-order valence-electron chi connectivity index (χ4n) is 6.46. The molecule has 1 aliphatic rings. The summed E-state index contributed by atoms with van der Waals surface area (Å²) in [6, 6.07) is 10.8. The number of aliphatic hydroxyl groups is 5. The van der Waals surface area contributed by atoms with Crippen LogP contribution in [0.4, 0.5) is 0 Å². The van der Waals surface area contributed by atoms with Gasteiger partial charge in [-0.1, -0.05) is 133 Å². The SMILES string of the molecule is C#CC#CC#CC#CC#CC#CC#CC#CC#CC#CC#CC#CC(=O)N[C@@H](COC1OC(COCCCCCCN)C(O)C(O)C1O)[C@H](O)[C@H](O)CCCCCCCCCCCCCC.[HH].[HH].[HH].[HH].[HH].[HH].[HH].[HH].[HH].[HH].[HH].[HH].[HH].[HH].[HH].[HH].[HH].[HH].[HH].[HH].[HH].[HH].[HH].c1ccccc1. The van der Waals surface area contributed by atoms with Crippen LogP contribution < -0.4 is 11.1 Å². The zero-order valence-corrected chi connectivity index (χ0v) is 41.5. The molecule has 8 atom stereocenters. The summed E-state index contributed by atoms with van der Waals surface area (Å²) in [4.78, 5) is 12.9. The first-order chi connectivity index (χ1) is 35.3. The summed E-state index contributed by atoms with van der Waals surface area (Å²) in [7, 11) is 0. The summed E-state index contributed by atoms with van der Waals surface area (Å²) >= 11 is 0. The maximum absolute atomic E-state index is 12.9. The summed E-state index contributed by atoms with van der Waals surface area (Å²) in [5.74, 6) is 55.1. The van der Waals surface area contributed by atoms with Crippen molar-refractivity contribution in [2.24, 2.45) is 5.73 Å². The van der Waals surface area contributed by atoms with E-state index in [9.17, 15) is 30.3 Å². The van der Waals surface area contributed by atoms with Gasteiger partial charge in [0.05, 0.1) is 25.4 Å². The minimum Gasteiger partial charge on any atom is -0.390 e. The van der Waals surface area contributed by atoms with E-state index in [1.54, 1.807) is 0 Å². The van der Waals surface area contributed by atoms with Gasteiger partial charge >= 0.3 is 0 Å². The Hall–Kier alpha value is -6.95. The van der Waals surface area contributed by atoms with Crippen LogP contribution >= 0.6 is 0 Å². The van der Waals surface area contributed by atoms with Crippen molar-refractivity contribution in [1.29, 1.82) is 0 Å². The molecule has 0 aliphatic carbocycles. The number of nitrogens with two attached hydrogens (primary N) is 1. The van der Waals surface area contributed by atoms with Crippen molar-refractivity contribution in [3.05, 3.63) is 36.4 Å². The van der Waals surface area contributed by atoms with Crippen molar-refractivity contribution in [2.45, 2.75) is 165 Å². The molecule has 0 spiro atoms. The third-order valence-electron chi connectivity index (χ3n) is 10.3. The standard InChI is InChI=1S/C55H62N2O9.C6H6.23H2/c1-3-5-7-9-11-13-15-17-18-19-20-21-22-23-24-25-26-28-30-32-34-38-42-50(59)57-47(51(60)48(58)41-37-33-31-29-27-16-14-12-10-8-6-4-2)45-65-55-54(63)53(62)52(61)49(66-55)46-64-44-40-36-35-39-43-56;1-2-4-6-5-3-1;;;;;;;;;;;;;;;;;;;;;;;/h1,47-49,51-55,58,60-63H,4,6,8,10,12,14,16,27,29,31,33,35-37,39-41,43-46,56H2,2H3,(H,57,59);1-6H;23*1H/t47-,48+,49?,51-,52?,53?,54?,55?;;;;;;;;;;;;;;;;;;;;;;;;/m0......................../s1. The molecule has 8 N–H and O–H groups in total. The Morgan fingerprint density at radius 2 is 1.01 bits per heavy atom. The molecule has 0 aromatic heterocycles. The van der Waals surface area contributed by atoms with Crippen LogP contribution in [0, 0.1) is 143 Å². The van der Waals surface area contributed by atoms with Crippen LogP contribution in [-0.2, 0) is 19.0 Å². The summed E-state index contributed by atoms with van der Waals surface area (Å²) in [5, 5.41) is 56.5. The maximum Gasteiger partial charge on any atom is 0.297 e. The number of benzene rings is 1. The number of carbonyl (C=O) groups is 1. The van der Waals surface area contributed by atoms with Crippen LogP contribution in [0.2, 0.25) is 0 Å². The highest BCUT2D eigenvalue weighted by molar-refractivity contribution is 5.94. The average Bonchev–Trinajstić information content (AvgIpc) is 3.39. The molecule has 0 bridgehead atoms. The fourth-order valence-corrected chi connectivity index (χ4v) is 6.46. The van der Waals surface area contributed by atoms with Gasteiger partial charge in [-0.3, -0.25) is 4.79 Å². The molecule has 422 valence electrons. The Morgan fingerprint density at radius 1 is 0.597 bits per heavy atom. The second kappa shape index (κ2) is 46.4. The predicted octanol–water partition coefficient (Wildman–Crippen LogP) is 9.66. The van der Waals surface area contributed by atoms with Crippen molar-refractivity contribution in [3.63, 3.8) is 0 Å². The third kappa shape index (κ3) is 35.2. The van der Waals surface area contributed by atoms with Crippen LogP contribution in [0.1, 0.15) is 149 Å². The van der Waals surface area contributed by atoms with Gasteiger partial charge in [-0.25, -0.2) is 0 Å². The Kier molecular flexibility index (Phi) is 40.7. The van der Waals surface area contributed by atoms with Gasteiger partial charge in [0.2, 0.25) is 0 Å². The molecular formula is C61H114N2O9. The number of ether oxygens (including phenoxy) is 3. The number of nitrogens with one attached hydrogen (secondary N) is 1. The second-order valence-electron chi connectivity index (χ2n) is 16.0. The molecule has 5 unspecified atom stereocenters. The van der Waals surface area contributed by atoms with Crippen LogP contribution in [0.15, 0.2) is 36.4 Å². The molecule has 1 heterocycles. The molecule has 0 radical (unpaired) electrons. The lowest BCUT2D eigenvalue weighted by atomic mass is 9.98. The molecule has 11 nitrogen and oxygen atoms in total. The van der Waals surface area contributed by atoms with E-state index in [4.69, 9.17) is 26.4 Å². The Morgan fingerprint density at radius 3 is 1.47 bits per heavy atom. The zero-order valence-electron chi connectivity index (χ0n) is 41.5. The molecule has 1 saturated heterocycles. The second-order valence-corrected chi connectivity index (χ2v) is 16.0. The van der Waals surface area contributed by atoms with Gasteiger partial charge in [0.15, 0.2) is 6.29 Å². The lowest BCUT2D eigenvalue weighted by molar-refractivity contribution is -0.304. The first-order valence-electron chi connectivity index (χ1n) is 24.5. The minimum atomic E-state index is -1.66. The number of terminal acetylenes is 1. The van der Waals surface area contributed by atoms with E-state index < -0.39 is 61.5 Å². The van der Waals surface area contributed by atoms with E-state index in [1.165, 1.54) is 51.4 Å². The van der Waals surface area contributed by atoms with Crippen molar-refractivity contribution >= 4 is 5.91 Å². The van der Waals surface area contributed by atoms with E-state index in [0.29, 0.717) is 19.6 Å². The van der Waals surface area contributed by atoms with Crippen LogP contribution in [0.3, 0.4) is 0 Å². The van der Waals surface area contributed by atoms with E-state index in [2.05, 4.69) is 148 Å². The quantitative estimate of drug-likeness (QED) is 0.0331. The number of amides is 1. The van der Waals surface area contributed by atoms with Crippen molar-refractivity contribution in [3.8, 4) is 143 Å². The molecule has 2 rings (SSSR count). The molecule has 1 aliphatic heterocycles. The molecule has 1 aromatic carbocycles. The highest BCUT2D eigenvalue weighted by atomic mass is 16.7. The topological polar surface area (TPSA) is 184 Å². The molecule has 1 amide bonds. The first kappa shape index (κ1) is 63.1. The van der Waals surface area contributed by atoms with E-state index in [1.807, 2.05) is 36.4 Å². The van der Waals surface area contributed by atoms with Crippen molar-refractivity contribution in [2.75, 3.05) is 26.4 Å². The van der Waals surface area contributed by atoms with Gasteiger partial charge in [0.1, 0.15) is 30.5 Å². The van der Waals surface area contributed by atoms with Gasteiger partial charge in [-0.15, -0.1) is 6.42 Å². The van der Waals surface area contributed by atoms with E-state index in [-0.39, 0.29) is 45.8 Å². The summed E-state index contributed by atoms with van der Waals surface area (Å²) in [6.07, 6.45) is 12.6. The molecule has 11 heteroatoms. The number of unbranched alkanes of at least 4 members (excludes halogenated alkanes) is 14. The number of rotatable bonds is 27. The average molecular weight is 1020 g/mol. The van der Waals surface area contributed by atoms with Gasteiger partial charge < -0.3 is 50.8 Å². The van der Waals surface area contributed by atoms with Crippen molar-refractivity contribution in [1.82, 2.24) is 5.32 Å². The largest absolute Gasteiger partial charge is 0.390 e. The maximum atomic E-state index is 12.9. The molecule has 1 fully saturated rings. The Balaban J connectivity index is -0.0000000803. The smallest absolute Gasteiger partial charge is 0.297 e. The summed E-state index contributed by atoms with van der Waals surface area (Å²) in [6.45, 7) is 2.71. The van der Waals surface area contributed by atoms with Crippen LogP contribution in [-0.4, -0.2) is 107 Å². The van der Waals surface area contributed by atoms with Gasteiger partial charge in [0, 0.05) is 80.9 Å².